The third kappa shape index (κ3) is 6.37. The summed E-state index contributed by atoms with van der Waals surface area (Å²) in [5, 5.41) is 2.66. The van der Waals surface area contributed by atoms with Gasteiger partial charge in [0.1, 0.15) is 5.75 Å². The number of benzene rings is 2. The van der Waals surface area contributed by atoms with Gasteiger partial charge in [-0.25, -0.2) is 0 Å². The highest BCUT2D eigenvalue weighted by Gasteiger charge is 2.32. The number of aryl methyl sites for hydroxylation is 1. The van der Waals surface area contributed by atoms with E-state index in [0.717, 1.165) is 31.6 Å². The average Bonchev–Trinajstić information content (AvgIpc) is 2.74. The summed E-state index contributed by atoms with van der Waals surface area (Å²) >= 11 is 0. The number of likely N-dealkylation sites (N-methyl/N-ethyl adjacent to an activating group) is 1. The van der Waals surface area contributed by atoms with E-state index in [1.807, 2.05) is 36.2 Å². The zero-order chi connectivity index (χ0) is 22.4. The van der Waals surface area contributed by atoms with Crippen LogP contribution in [0, 0.1) is 0 Å². The normalized spacial score (nSPS) is 15.1. The molecule has 1 N–H and O–H groups in total. The highest BCUT2D eigenvalue weighted by atomic mass is 19.4. The number of piperazine rings is 1. The van der Waals surface area contributed by atoms with E-state index in [2.05, 4.69) is 17.1 Å². The molecule has 1 amide bonds. The first-order chi connectivity index (χ1) is 14.8. The van der Waals surface area contributed by atoms with Crippen molar-refractivity contribution in [1.82, 2.24) is 4.90 Å². The third-order valence-corrected chi connectivity index (χ3v) is 5.37. The Morgan fingerprint density at radius 3 is 2.35 bits per heavy atom. The molecule has 2 aromatic rings. The Morgan fingerprint density at radius 2 is 1.74 bits per heavy atom. The number of halogens is 3. The summed E-state index contributed by atoms with van der Waals surface area (Å²) in [6, 6.07) is 11.1. The molecule has 168 valence electrons. The monoisotopic (exact) mass is 435 g/mol. The van der Waals surface area contributed by atoms with Crippen LogP contribution in [0.5, 0.6) is 5.75 Å². The molecule has 5 nitrogen and oxygen atoms in total. The van der Waals surface area contributed by atoms with Crippen molar-refractivity contribution in [2.45, 2.75) is 25.9 Å². The maximum Gasteiger partial charge on any atom is 0.416 e. The molecule has 3 rings (SSSR count). The molecule has 1 aliphatic heterocycles. The standard InChI is InChI=1S/C23H28F3N3O2/c1-3-17-4-7-19(8-5-17)31-15-10-22(30)27-20-16-18(23(24,25)26)6-9-21(20)29-13-11-28(2)12-14-29/h4-9,16H,3,10-15H2,1-2H3,(H,27,30). The molecule has 2 aromatic carbocycles. The second-order valence-corrected chi connectivity index (χ2v) is 7.66. The van der Waals surface area contributed by atoms with Gasteiger partial charge in [-0.3, -0.25) is 4.79 Å². The molecule has 0 bridgehead atoms. The van der Waals surface area contributed by atoms with Gasteiger partial charge >= 0.3 is 6.18 Å². The molecule has 31 heavy (non-hydrogen) atoms. The fourth-order valence-electron chi connectivity index (χ4n) is 3.43. The number of carbonyl (C=O) groups is 1. The second kappa shape index (κ2) is 10.0. The molecule has 0 unspecified atom stereocenters. The van der Waals surface area contributed by atoms with E-state index in [-0.39, 0.29) is 24.6 Å². The van der Waals surface area contributed by atoms with E-state index in [1.54, 1.807) is 0 Å². The molecule has 0 aliphatic carbocycles. The Morgan fingerprint density at radius 1 is 1.06 bits per heavy atom. The van der Waals surface area contributed by atoms with Crippen LogP contribution in [0.15, 0.2) is 42.5 Å². The smallest absolute Gasteiger partial charge is 0.416 e. The van der Waals surface area contributed by atoms with Gasteiger partial charge in [0.05, 0.1) is 30.0 Å². The van der Waals surface area contributed by atoms with Crippen LogP contribution in [0.1, 0.15) is 24.5 Å². The predicted octanol–water partition coefficient (Wildman–Crippen LogP) is 4.43. The Bertz CT molecular complexity index is 877. The average molecular weight is 435 g/mol. The first-order valence-corrected chi connectivity index (χ1v) is 10.4. The summed E-state index contributed by atoms with van der Waals surface area (Å²) in [6.07, 6.45) is -3.52. The lowest BCUT2D eigenvalue weighted by molar-refractivity contribution is -0.137. The van der Waals surface area contributed by atoms with E-state index in [4.69, 9.17) is 4.74 Å². The van der Waals surface area contributed by atoms with Gasteiger partial charge in [0.15, 0.2) is 0 Å². The number of hydrogen-bond donors (Lipinski definition) is 1. The van der Waals surface area contributed by atoms with Crippen molar-refractivity contribution in [2.75, 3.05) is 50.1 Å². The third-order valence-electron chi connectivity index (χ3n) is 5.37. The van der Waals surface area contributed by atoms with Crippen LogP contribution in [0.3, 0.4) is 0 Å². The van der Waals surface area contributed by atoms with Crippen molar-refractivity contribution >= 4 is 17.3 Å². The predicted molar refractivity (Wildman–Crippen MR) is 116 cm³/mol. The summed E-state index contributed by atoms with van der Waals surface area (Å²) in [4.78, 5) is 16.6. The minimum absolute atomic E-state index is 0.0357. The number of anilines is 2. The zero-order valence-corrected chi connectivity index (χ0v) is 17.8. The number of ether oxygens (including phenoxy) is 1. The first-order valence-electron chi connectivity index (χ1n) is 10.4. The molecule has 8 heteroatoms. The number of nitrogens with one attached hydrogen (secondary N) is 1. The van der Waals surface area contributed by atoms with Gasteiger partial charge in [0.25, 0.3) is 0 Å². The van der Waals surface area contributed by atoms with Crippen molar-refractivity contribution in [3.63, 3.8) is 0 Å². The Kier molecular flexibility index (Phi) is 7.43. The fraction of sp³-hybridized carbons (Fsp3) is 0.435. The van der Waals surface area contributed by atoms with Gasteiger partial charge in [0, 0.05) is 26.2 Å². The van der Waals surface area contributed by atoms with Gasteiger partial charge in [-0.1, -0.05) is 19.1 Å². The maximum absolute atomic E-state index is 13.2. The van der Waals surface area contributed by atoms with Crippen molar-refractivity contribution in [2.24, 2.45) is 0 Å². The Balaban J connectivity index is 1.66. The molecule has 1 saturated heterocycles. The van der Waals surface area contributed by atoms with Crippen LogP contribution >= 0.6 is 0 Å². The van der Waals surface area contributed by atoms with Crippen molar-refractivity contribution in [3.05, 3.63) is 53.6 Å². The minimum Gasteiger partial charge on any atom is -0.493 e. The molecule has 0 radical (unpaired) electrons. The maximum atomic E-state index is 13.2. The lowest BCUT2D eigenvalue weighted by Gasteiger charge is -2.35. The molecule has 0 spiro atoms. The zero-order valence-electron chi connectivity index (χ0n) is 17.8. The number of hydrogen-bond acceptors (Lipinski definition) is 4. The van der Waals surface area contributed by atoms with Gasteiger partial charge < -0.3 is 19.9 Å². The molecular formula is C23H28F3N3O2. The SMILES string of the molecule is CCc1ccc(OCCC(=O)Nc2cc(C(F)(F)F)ccc2N2CCN(C)CC2)cc1. The minimum atomic E-state index is -4.48. The molecule has 0 atom stereocenters. The van der Waals surface area contributed by atoms with Crippen LogP contribution in [0.2, 0.25) is 0 Å². The molecule has 1 heterocycles. The van der Waals surface area contributed by atoms with Crippen LogP contribution < -0.4 is 15.0 Å². The van der Waals surface area contributed by atoms with Gasteiger partial charge in [-0.05, 0) is 49.4 Å². The van der Waals surface area contributed by atoms with E-state index in [0.29, 0.717) is 24.5 Å². The summed E-state index contributed by atoms with van der Waals surface area (Å²) < 4.78 is 45.3. The van der Waals surface area contributed by atoms with Crippen LogP contribution in [-0.2, 0) is 17.4 Å². The van der Waals surface area contributed by atoms with Crippen molar-refractivity contribution < 1.29 is 22.7 Å². The molecule has 1 aliphatic rings. The molecule has 0 saturated carbocycles. The first kappa shape index (κ1) is 22.9. The van der Waals surface area contributed by atoms with E-state index < -0.39 is 11.7 Å². The van der Waals surface area contributed by atoms with Gasteiger partial charge in [-0.15, -0.1) is 0 Å². The summed E-state index contributed by atoms with van der Waals surface area (Å²) in [6.45, 7) is 5.17. The van der Waals surface area contributed by atoms with Gasteiger partial charge in [-0.2, -0.15) is 13.2 Å². The van der Waals surface area contributed by atoms with Crippen LogP contribution in [0.4, 0.5) is 24.5 Å². The molecule has 1 fully saturated rings. The van der Waals surface area contributed by atoms with Gasteiger partial charge in [0.2, 0.25) is 5.91 Å². The Labute approximate surface area is 180 Å². The lowest BCUT2D eigenvalue weighted by Crippen LogP contribution is -2.44. The highest BCUT2D eigenvalue weighted by molar-refractivity contribution is 5.94. The van der Waals surface area contributed by atoms with E-state index in [1.165, 1.54) is 11.6 Å². The number of rotatable bonds is 7. The second-order valence-electron chi connectivity index (χ2n) is 7.66. The topological polar surface area (TPSA) is 44.8 Å². The summed E-state index contributed by atoms with van der Waals surface area (Å²) in [5.74, 6) is 0.266. The van der Waals surface area contributed by atoms with Crippen molar-refractivity contribution in [1.29, 1.82) is 0 Å². The van der Waals surface area contributed by atoms with E-state index >= 15 is 0 Å². The quantitative estimate of drug-likeness (QED) is 0.699. The number of nitrogens with zero attached hydrogens (tertiary/aromatic N) is 2. The van der Waals surface area contributed by atoms with Crippen LogP contribution in [0.25, 0.3) is 0 Å². The molecular weight excluding hydrogens is 407 g/mol. The highest BCUT2D eigenvalue weighted by Crippen LogP contribution is 2.36. The molecule has 0 aromatic heterocycles. The van der Waals surface area contributed by atoms with Crippen molar-refractivity contribution in [3.8, 4) is 5.75 Å². The Hall–Kier alpha value is -2.74. The lowest BCUT2D eigenvalue weighted by atomic mass is 10.1. The largest absolute Gasteiger partial charge is 0.493 e. The number of amides is 1. The van der Waals surface area contributed by atoms with Crippen LogP contribution in [-0.4, -0.2) is 50.6 Å². The fourth-order valence-corrected chi connectivity index (χ4v) is 3.43. The summed E-state index contributed by atoms with van der Waals surface area (Å²) in [5.41, 5.74) is 1.18. The summed E-state index contributed by atoms with van der Waals surface area (Å²) in [7, 11) is 2.00. The number of alkyl halides is 3. The number of carbonyl (C=O) groups excluding carboxylic acids is 1. The van der Waals surface area contributed by atoms with E-state index in [9.17, 15) is 18.0 Å².